The Morgan fingerprint density at radius 2 is 1.32 bits per heavy atom. The van der Waals surface area contributed by atoms with Gasteiger partial charge in [-0.05, 0) is 69.0 Å². The number of rotatable bonds is 8. The zero-order chi connectivity index (χ0) is 57.1. The maximum absolute atomic E-state index is 10.7. The second kappa shape index (κ2) is 16.6. The van der Waals surface area contributed by atoms with Crippen molar-refractivity contribution in [1.82, 2.24) is 14.1 Å². The first kappa shape index (κ1) is 24.0. The van der Waals surface area contributed by atoms with Crippen LogP contribution < -0.4 is 9.30 Å². The van der Waals surface area contributed by atoms with E-state index in [1.54, 1.807) is 75.9 Å². The Hall–Kier alpha value is -7.84. The van der Waals surface area contributed by atoms with Gasteiger partial charge in [-0.2, -0.15) is 17.4 Å². The van der Waals surface area contributed by atoms with E-state index in [0.717, 1.165) is 6.20 Å². The minimum atomic E-state index is -2.88. The SMILES string of the molecule is [2H]c1c([2H])c([2H])c(-c2cnc(-n3c4[c-]c(Oc5[c-]c(-n6[c-][n+](-c7c(-c8c([2H])c([2H])c([2H])c([2H])c8[2H])cccc7-c7c([2H])c([2H])c([2H])c([2H])c7[2H])c7ccccc76)ccc5)cc(C#N)c4c4ccccc43)cc2C([2H])([2H])[2H])c([2H])c1[2H].[Pt]. The van der Waals surface area contributed by atoms with Gasteiger partial charge in [0.1, 0.15) is 5.82 Å². The van der Waals surface area contributed by atoms with E-state index < -0.39 is 97.5 Å². The number of aromatic nitrogens is 4. The minimum Gasteiger partial charge on any atom is -0.510 e. The van der Waals surface area contributed by atoms with Crippen LogP contribution in [0.4, 0.5) is 0 Å². The molecule has 0 amide bonds. The standard InChI is InChI=1S/C56H35N5O.Pt/c1-38-31-54(58-36-49(38)41-21-9-4-10-22-41)61-50-28-12-11-25-48(50)55-42(35-57)32-45(34-53(55)61)62-44-24-15-23-43(33-44)59-37-60(52-30-14-13-29-51(52)59)56-46(39-17-5-2-6-18-39)26-16-27-47(56)40-19-7-3-8-20-40;/h2-32,36H,1H3;/q-2;/i1D3,2D,3D,4D,5D,6D,7D,8D,9D,10D,17D,18D,19D,20D,21D,22D;. The van der Waals surface area contributed by atoms with Gasteiger partial charge in [0.2, 0.25) is 0 Å². The predicted octanol–water partition coefficient (Wildman–Crippen LogP) is 12.8. The molecule has 3 heterocycles. The molecule has 0 N–H and O–H groups in total. The summed E-state index contributed by atoms with van der Waals surface area (Å²) >= 11 is 0. The topological polar surface area (TPSA) is 59.6 Å². The molecule has 3 aromatic heterocycles. The number of pyridine rings is 1. The molecule has 11 aromatic rings. The molecule has 0 aliphatic heterocycles. The van der Waals surface area contributed by atoms with Crippen LogP contribution in [-0.4, -0.2) is 14.1 Å². The summed E-state index contributed by atoms with van der Waals surface area (Å²) in [5.41, 5.74) is 0.951. The zero-order valence-corrected chi connectivity index (χ0v) is 34.5. The molecule has 0 radical (unpaired) electrons. The van der Waals surface area contributed by atoms with Crippen LogP contribution >= 0.6 is 0 Å². The summed E-state index contributed by atoms with van der Waals surface area (Å²) in [5.74, 6) is 0.161. The fraction of sp³-hybridized carbons (Fsp3) is 0.0179. The number of nitriles is 1. The molecule has 0 atom stereocenters. The van der Waals surface area contributed by atoms with E-state index in [0.29, 0.717) is 33.0 Å². The van der Waals surface area contributed by atoms with Crippen molar-refractivity contribution < 1.29 is 55.0 Å². The average Bonchev–Trinajstić information content (AvgIpc) is 4.02. The van der Waals surface area contributed by atoms with E-state index in [2.05, 4.69) is 29.5 Å². The molecule has 0 fully saturated rings. The van der Waals surface area contributed by atoms with Crippen LogP contribution in [0.1, 0.15) is 35.8 Å². The second-order valence-electron chi connectivity index (χ2n) is 13.8. The van der Waals surface area contributed by atoms with Gasteiger partial charge in [0.15, 0.2) is 0 Å². The van der Waals surface area contributed by atoms with Crippen LogP contribution in [0.2, 0.25) is 0 Å². The normalized spacial score (nSPS) is 15.3. The maximum atomic E-state index is 10.7. The number of benzene rings is 8. The quantitative estimate of drug-likeness (QED) is 0.113. The Morgan fingerprint density at radius 3 is 2.00 bits per heavy atom. The van der Waals surface area contributed by atoms with Crippen LogP contribution in [0.5, 0.6) is 11.5 Å². The Bertz CT molecular complexity index is 4380. The number of para-hydroxylation sites is 4. The smallest absolute Gasteiger partial charge is 0.268 e. The van der Waals surface area contributed by atoms with Crippen molar-refractivity contribution in [3.8, 4) is 68.1 Å². The molecule has 0 aliphatic rings. The van der Waals surface area contributed by atoms with Crippen LogP contribution in [0.3, 0.4) is 0 Å². The van der Waals surface area contributed by atoms with Crippen molar-refractivity contribution in [1.29, 1.82) is 5.26 Å². The van der Waals surface area contributed by atoms with Gasteiger partial charge < -0.3 is 13.9 Å². The molecular weight excluding hydrogens is 954 g/mol. The van der Waals surface area contributed by atoms with Gasteiger partial charge in [0.25, 0.3) is 6.33 Å². The van der Waals surface area contributed by atoms with E-state index in [9.17, 15) is 5.26 Å². The molecule has 0 spiro atoms. The monoisotopic (exact) mass is 1010 g/mol. The molecule has 63 heavy (non-hydrogen) atoms. The summed E-state index contributed by atoms with van der Waals surface area (Å²) in [7, 11) is 0. The van der Waals surface area contributed by atoms with E-state index in [4.69, 9.17) is 29.4 Å². The first-order valence-electron chi connectivity index (χ1n) is 28.0. The Labute approximate surface area is 404 Å². The maximum Gasteiger partial charge on any atom is 0.268 e. The van der Waals surface area contributed by atoms with Crippen molar-refractivity contribution in [3.05, 3.63) is 223 Å². The number of hydrogen-bond donors (Lipinski definition) is 0. The average molecular weight is 1010 g/mol. The van der Waals surface area contributed by atoms with E-state index in [-0.39, 0.29) is 94.1 Å². The summed E-state index contributed by atoms with van der Waals surface area (Å²) < 4.78 is 166. The summed E-state index contributed by atoms with van der Waals surface area (Å²) in [6.07, 6.45) is 4.46. The molecule has 0 saturated heterocycles. The van der Waals surface area contributed by atoms with Gasteiger partial charge in [-0.15, -0.1) is 24.3 Å². The van der Waals surface area contributed by atoms with E-state index in [1.165, 1.54) is 34.9 Å². The van der Waals surface area contributed by atoms with E-state index >= 15 is 0 Å². The van der Waals surface area contributed by atoms with E-state index in [1.807, 2.05) is 0 Å². The first-order chi connectivity index (χ1) is 38.0. The third kappa shape index (κ3) is 6.99. The zero-order valence-electron chi connectivity index (χ0n) is 50.3. The number of fused-ring (bicyclic) bond motifs is 4. The molecule has 6 nitrogen and oxygen atoms in total. The molecule has 0 saturated carbocycles. The van der Waals surface area contributed by atoms with Crippen LogP contribution in [0.15, 0.2) is 194 Å². The molecule has 0 aliphatic carbocycles. The van der Waals surface area contributed by atoms with Gasteiger partial charge >= 0.3 is 0 Å². The van der Waals surface area contributed by atoms with Gasteiger partial charge in [-0.25, -0.2) is 4.98 Å². The summed E-state index contributed by atoms with van der Waals surface area (Å²) in [4.78, 5) is 4.62. The Balaban J connectivity index is 0.00000736. The van der Waals surface area contributed by atoms with Gasteiger partial charge in [-0.1, -0.05) is 162 Å². The molecule has 7 heteroatoms. The Kier molecular flexibility index (Phi) is 6.30. The van der Waals surface area contributed by atoms with Crippen LogP contribution in [0.25, 0.3) is 83.4 Å². The van der Waals surface area contributed by atoms with Gasteiger partial charge in [0.05, 0.1) is 43.4 Å². The van der Waals surface area contributed by atoms with Crippen molar-refractivity contribution in [2.75, 3.05) is 0 Å². The van der Waals surface area contributed by atoms with Crippen molar-refractivity contribution in [2.24, 2.45) is 0 Å². The largest absolute Gasteiger partial charge is 0.510 e. The fourth-order valence-electron chi connectivity index (χ4n) is 7.62. The first-order valence-corrected chi connectivity index (χ1v) is 19.0. The number of hydrogen-bond acceptors (Lipinski definition) is 3. The number of aryl methyl sites for hydroxylation is 1. The molecule has 0 unspecified atom stereocenters. The third-order valence-electron chi connectivity index (χ3n) is 10.2. The number of nitrogens with zero attached hydrogens (tertiary/aromatic N) is 5. The number of imidazole rings is 1. The van der Waals surface area contributed by atoms with Crippen molar-refractivity contribution >= 4 is 32.8 Å². The third-order valence-corrected chi connectivity index (χ3v) is 10.2. The molecule has 302 valence electrons. The van der Waals surface area contributed by atoms with Crippen molar-refractivity contribution in [3.63, 3.8) is 0 Å². The fourth-order valence-corrected chi connectivity index (χ4v) is 7.62. The summed E-state index contributed by atoms with van der Waals surface area (Å²) in [6.45, 7) is -2.88. The molecule has 0 bridgehead atoms. The Morgan fingerprint density at radius 1 is 0.683 bits per heavy atom. The summed E-state index contributed by atoms with van der Waals surface area (Å²) in [6, 6.07) is 25.8. The molecule has 8 aromatic carbocycles. The van der Waals surface area contributed by atoms with Gasteiger partial charge in [0, 0.05) is 54.0 Å². The predicted molar refractivity (Wildman–Crippen MR) is 246 cm³/mol. The van der Waals surface area contributed by atoms with Crippen LogP contribution in [0, 0.1) is 36.6 Å². The summed E-state index contributed by atoms with van der Waals surface area (Å²) in [5, 5.41) is 11.7. The molecular formula is C56H35N5OPt-2. The van der Waals surface area contributed by atoms with Crippen LogP contribution in [-0.2, 0) is 21.1 Å². The van der Waals surface area contributed by atoms with Gasteiger partial charge in [-0.3, -0.25) is 4.57 Å². The molecule has 11 rings (SSSR count). The second-order valence-corrected chi connectivity index (χ2v) is 13.8. The number of ether oxygens (including phenoxy) is 1. The van der Waals surface area contributed by atoms with Crippen molar-refractivity contribution in [2.45, 2.75) is 6.85 Å². The minimum absolute atomic E-state index is 0.